The Balaban J connectivity index is 1.30. The molecule has 0 atom stereocenters. The Kier molecular flexibility index (Phi) is 7.19. The van der Waals surface area contributed by atoms with Crippen molar-refractivity contribution in [3.05, 3.63) is 145 Å². The van der Waals surface area contributed by atoms with Crippen molar-refractivity contribution < 1.29 is 4.94 Å². The molecular formula is C42H39N5O. The minimum atomic E-state index is -0.226. The molecule has 0 radical (unpaired) electrons. The molecule has 0 unspecified atom stereocenters. The lowest BCUT2D eigenvalue weighted by atomic mass is 10.1. The zero-order valence-corrected chi connectivity index (χ0v) is 28.0. The van der Waals surface area contributed by atoms with E-state index in [1.807, 2.05) is 16.3 Å². The lowest BCUT2D eigenvalue weighted by Crippen LogP contribution is -2.41. The molecule has 7 aromatic rings. The SMILES string of the molecule is CC(C)c1ccnc(-n2c3ccccc3c3ccc(N(c4ccccc4)c4cccc(N5ON(C(C)(C)C)c6ccccc65)c4)cc32)c1. The van der Waals surface area contributed by atoms with Crippen LogP contribution in [-0.4, -0.2) is 15.1 Å². The molecule has 6 heteroatoms. The topological polar surface area (TPSA) is 36.8 Å². The maximum Gasteiger partial charge on any atom is 0.137 e. The van der Waals surface area contributed by atoms with Crippen LogP contribution in [0.2, 0.25) is 0 Å². The molecule has 1 aliphatic rings. The second kappa shape index (κ2) is 11.6. The summed E-state index contributed by atoms with van der Waals surface area (Å²) in [4.78, 5) is 13.7. The number of hydroxylamine groups is 1. The van der Waals surface area contributed by atoms with Crippen LogP contribution >= 0.6 is 0 Å². The van der Waals surface area contributed by atoms with E-state index in [9.17, 15) is 0 Å². The van der Waals surface area contributed by atoms with E-state index in [4.69, 9.17) is 9.92 Å². The molecule has 2 aromatic heterocycles. The molecule has 0 saturated heterocycles. The Morgan fingerprint density at radius 2 is 1.31 bits per heavy atom. The van der Waals surface area contributed by atoms with E-state index in [1.165, 1.54) is 16.3 Å². The zero-order chi connectivity index (χ0) is 33.0. The molecule has 0 aliphatic carbocycles. The Labute approximate surface area is 282 Å². The van der Waals surface area contributed by atoms with Crippen LogP contribution in [0.4, 0.5) is 34.1 Å². The molecule has 0 amide bonds. The minimum Gasteiger partial charge on any atom is -0.310 e. The van der Waals surface area contributed by atoms with Crippen molar-refractivity contribution in [1.82, 2.24) is 9.55 Å². The van der Waals surface area contributed by atoms with Crippen LogP contribution in [0.5, 0.6) is 0 Å². The zero-order valence-electron chi connectivity index (χ0n) is 28.0. The van der Waals surface area contributed by atoms with Gasteiger partial charge in [-0.3, -0.25) is 4.57 Å². The normalized spacial score (nSPS) is 13.1. The van der Waals surface area contributed by atoms with Crippen molar-refractivity contribution in [2.75, 3.05) is 15.0 Å². The number of fused-ring (bicyclic) bond motifs is 4. The number of nitrogens with zero attached hydrogens (tertiary/aromatic N) is 5. The summed E-state index contributed by atoms with van der Waals surface area (Å²) in [7, 11) is 0. The average Bonchev–Trinajstić information content (AvgIpc) is 3.66. The maximum absolute atomic E-state index is 6.55. The first-order valence-corrected chi connectivity index (χ1v) is 16.6. The summed E-state index contributed by atoms with van der Waals surface area (Å²) in [5.41, 5.74) is 9.42. The Morgan fingerprint density at radius 3 is 2.10 bits per heavy atom. The highest BCUT2D eigenvalue weighted by Gasteiger charge is 2.36. The van der Waals surface area contributed by atoms with Gasteiger partial charge in [0.1, 0.15) is 5.82 Å². The third-order valence-electron chi connectivity index (χ3n) is 9.01. The number of aromatic nitrogens is 2. The number of benzene rings is 5. The van der Waals surface area contributed by atoms with Gasteiger partial charge in [0.15, 0.2) is 0 Å². The third kappa shape index (κ3) is 5.06. The van der Waals surface area contributed by atoms with Gasteiger partial charge in [-0.05, 0) is 105 Å². The van der Waals surface area contributed by atoms with Gasteiger partial charge in [0.05, 0.1) is 33.6 Å². The van der Waals surface area contributed by atoms with Crippen molar-refractivity contribution in [2.24, 2.45) is 0 Å². The molecule has 6 nitrogen and oxygen atoms in total. The van der Waals surface area contributed by atoms with Crippen LogP contribution in [0, 0.1) is 0 Å². The predicted molar refractivity (Wildman–Crippen MR) is 199 cm³/mol. The molecule has 0 bridgehead atoms. The van der Waals surface area contributed by atoms with Crippen LogP contribution in [-0.2, 0) is 4.94 Å². The minimum absolute atomic E-state index is 0.226. The van der Waals surface area contributed by atoms with E-state index in [0.29, 0.717) is 5.92 Å². The van der Waals surface area contributed by atoms with E-state index in [2.05, 4.69) is 178 Å². The molecule has 238 valence electrons. The monoisotopic (exact) mass is 629 g/mol. The van der Waals surface area contributed by atoms with Crippen molar-refractivity contribution in [3.8, 4) is 5.82 Å². The second-order valence-electron chi connectivity index (χ2n) is 13.7. The molecular weight excluding hydrogens is 590 g/mol. The number of hydrogen-bond acceptors (Lipinski definition) is 5. The highest BCUT2D eigenvalue weighted by molar-refractivity contribution is 6.10. The van der Waals surface area contributed by atoms with E-state index in [0.717, 1.165) is 51.0 Å². The van der Waals surface area contributed by atoms with Crippen molar-refractivity contribution in [2.45, 2.75) is 46.1 Å². The van der Waals surface area contributed by atoms with Gasteiger partial charge in [-0.2, -0.15) is 5.06 Å². The molecule has 0 N–H and O–H groups in total. The fourth-order valence-electron chi connectivity index (χ4n) is 6.69. The van der Waals surface area contributed by atoms with Crippen LogP contribution < -0.4 is 15.0 Å². The molecule has 5 aromatic carbocycles. The van der Waals surface area contributed by atoms with Crippen LogP contribution in [0.25, 0.3) is 27.6 Å². The standard InChI is InChI=1S/C42H39N5O/c1-29(2)30-24-25-43-41(26-30)45-37-19-10-9-18-35(37)36-23-22-33(28-40(36)45)44(31-14-7-6-8-15-31)32-16-13-17-34(27-32)46-38-20-11-12-21-39(38)47(48-46)42(3,4)5/h6-29H,1-5H3. The number of rotatable bonds is 6. The fourth-order valence-corrected chi connectivity index (χ4v) is 6.69. The van der Waals surface area contributed by atoms with Gasteiger partial charge < -0.3 is 4.90 Å². The van der Waals surface area contributed by atoms with E-state index < -0.39 is 0 Å². The number of pyridine rings is 1. The summed E-state index contributed by atoms with van der Waals surface area (Å²) in [6.07, 6.45) is 1.93. The number of anilines is 6. The smallest absolute Gasteiger partial charge is 0.137 e. The summed E-state index contributed by atoms with van der Waals surface area (Å²) in [6, 6.07) is 47.1. The number of hydrogen-bond donors (Lipinski definition) is 0. The van der Waals surface area contributed by atoms with Crippen LogP contribution in [0.15, 0.2) is 140 Å². The van der Waals surface area contributed by atoms with Gasteiger partial charge in [-0.1, -0.05) is 74.5 Å². The maximum atomic E-state index is 6.55. The molecule has 3 heterocycles. The Morgan fingerprint density at radius 1 is 0.625 bits per heavy atom. The molecule has 48 heavy (non-hydrogen) atoms. The lowest BCUT2D eigenvalue weighted by molar-refractivity contribution is 0.0843. The van der Waals surface area contributed by atoms with Crippen molar-refractivity contribution in [3.63, 3.8) is 0 Å². The number of para-hydroxylation sites is 4. The Bertz CT molecular complexity index is 2270. The van der Waals surface area contributed by atoms with Crippen LogP contribution in [0.1, 0.15) is 46.1 Å². The molecule has 0 saturated carbocycles. The predicted octanol–water partition coefficient (Wildman–Crippen LogP) is 11.4. The van der Waals surface area contributed by atoms with Gasteiger partial charge in [0.2, 0.25) is 0 Å². The fraction of sp³-hybridized carbons (Fsp3) is 0.167. The first-order chi connectivity index (χ1) is 23.3. The van der Waals surface area contributed by atoms with Gasteiger partial charge in [-0.15, -0.1) is 4.94 Å². The summed E-state index contributed by atoms with van der Waals surface area (Å²) < 4.78 is 2.30. The summed E-state index contributed by atoms with van der Waals surface area (Å²) >= 11 is 0. The first-order valence-electron chi connectivity index (χ1n) is 16.6. The van der Waals surface area contributed by atoms with E-state index in [1.54, 1.807) is 0 Å². The molecule has 0 spiro atoms. The largest absolute Gasteiger partial charge is 0.310 e. The highest BCUT2D eigenvalue weighted by atomic mass is 16.8. The molecule has 8 rings (SSSR count). The van der Waals surface area contributed by atoms with Gasteiger partial charge in [0, 0.05) is 34.0 Å². The van der Waals surface area contributed by atoms with Gasteiger partial charge >= 0.3 is 0 Å². The summed E-state index contributed by atoms with van der Waals surface area (Å²) in [6.45, 7) is 10.9. The van der Waals surface area contributed by atoms with Gasteiger partial charge in [0.25, 0.3) is 0 Å². The third-order valence-corrected chi connectivity index (χ3v) is 9.01. The molecule has 0 fully saturated rings. The average molecular weight is 630 g/mol. The lowest BCUT2D eigenvalue weighted by Gasteiger charge is -2.32. The Hall–Kier alpha value is -5.59. The molecule has 1 aliphatic heterocycles. The van der Waals surface area contributed by atoms with Crippen molar-refractivity contribution >= 4 is 55.9 Å². The summed E-state index contributed by atoms with van der Waals surface area (Å²) in [5.74, 6) is 1.32. The van der Waals surface area contributed by atoms with Crippen LogP contribution in [0.3, 0.4) is 0 Å². The van der Waals surface area contributed by atoms with E-state index >= 15 is 0 Å². The highest BCUT2D eigenvalue weighted by Crippen LogP contribution is 2.46. The van der Waals surface area contributed by atoms with Crippen molar-refractivity contribution in [1.29, 1.82) is 0 Å². The second-order valence-corrected chi connectivity index (χ2v) is 13.7. The van der Waals surface area contributed by atoms with E-state index in [-0.39, 0.29) is 5.54 Å². The first kappa shape index (κ1) is 29.8. The quantitative estimate of drug-likeness (QED) is 0.183. The van der Waals surface area contributed by atoms with Gasteiger partial charge in [-0.25, -0.2) is 10.0 Å². The summed E-state index contributed by atoms with van der Waals surface area (Å²) in [5, 5.41) is 6.32.